The Bertz CT molecular complexity index is 1370. The summed E-state index contributed by atoms with van der Waals surface area (Å²) in [7, 11) is -2.61. The quantitative estimate of drug-likeness (QED) is 0.434. The lowest BCUT2D eigenvalue weighted by Gasteiger charge is -2.37. The number of carbonyl (C=O) groups excluding carboxylic acids is 1. The first-order valence-electron chi connectivity index (χ1n) is 11.9. The van der Waals surface area contributed by atoms with E-state index in [-0.39, 0.29) is 18.0 Å². The Balaban J connectivity index is 1.51. The number of hydrogen-bond acceptors (Lipinski definition) is 5. The van der Waals surface area contributed by atoms with E-state index in [0.717, 1.165) is 22.0 Å². The van der Waals surface area contributed by atoms with E-state index in [0.29, 0.717) is 30.2 Å². The van der Waals surface area contributed by atoms with Gasteiger partial charge in [-0.25, -0.2) is 8.42 Å². The molecular weight excluding hydrogens is 519 g/mol. The standard InChI is InChI=1S/C27H28F3N3O4S/c1-20-6-8-22(9-7-20)33(38(35,36)25-12-10-24(37-2)11-13-25)19-26(34)32-16-14-31(15-17-32)23-5-3-4-21(18-23)27(28,29)30/h3-13,18H,14-17,19H2,1-2H3. The molecule has 1 saturated heterocycles. The van der Waals surface area contributed by atoms with Crippen LogP contribution in [-0.2, 0) is 21.0 Å². The molecule has 11 heteroatoms. The molecule has 1 aliphatic heterocycles. The van der Waals surface area contributed by atoms with Gasteiger partial charge in [0.05, 0.1) is 23.3 Å². The van der Waals surface area contributed by atoms with E-state index in [9.17, 15) is 26.4 Å². The van der Waals surface area contributed by atoms with Gasteiger partial charge < -0.3 is 14.5 Å². The van der Waals surface area contributed by atoms with Crippen molar-refractivity contribution in [3.8, 4) is 5.75 Å². The van der Waals surface area contributed by atoms with Gasteiger partial charge in [0.1, 0.15) is 12.3 Å². The number of piperazine rings is 1. The smallest absolute Gasteiger partial charge is 0.416 e. The van der Waals surface area contributed by atoms with Gasteiger partial charge in [0, 0.05) is 31.9 Å². The minimum absolute atomic E-state index is 0.0149. The highest BCUT2D eigenvalue weighted by molar-refractivity contribution is 7.92. The number of ether oxygens (including phenoxy) is 1. The van der Waals surface area contributed by atoms with E-state index >= 15 is 0 Å². The number of carbonyl (C=O) groups is 1. The van der Waals surface area contributed by atoms with Crippen molar-refractivity contribution >= 4 is 27.3 Å². The summed E-state index contributed by atoms with van der Waals surface area (Å²) in [6.07, 6.45) is -4.44. The second-order valence-electron chi connectivity index (χ2n) is 8.94. The van der Waals surface area contributed by atoms with Crippen molar-refractivity contribution in [2.45, 2.75) is 18.0 Å². The number of benzene rings is 3. The van der Waals surface area contributed by atoms with E-state index in [1.54, 1.807) is 35.2 Å². The molecule has 4 rings (SSSR count). The number of aryl methyl sites for hydroxylation is 1. The van der Waals surface area contributed by atoms with Crippen molar-refractivity contribution < 1.29 is 31.1 Å². The van der Waals surface area contributed by atoms with Gasteiger partial charge in [-0.3, -0.25) is 9.10 Å². The van der Waals surface area contributed by atoms with E-state index in [4.69, 9.17) is 4.74 Å². The molecule has 0 N–H and O–H groups in total. The molecule has 3 aromatic rings. The summed E-state index contributed by atoms with van der Waals surface area (Å²) >= 11 is 0. The normalized spacial score (nSPS) is 14.3. The second kappa shape index (κ2) is 10.9. The van der Waals surface area contributed by atoms with Gasteiger partial charge in [-0.15, -0.1) is 0 Å². The van der Waals surface area contributed by atoms with E-state index < -0.39 is 34.2 Å². The first-order chi connectivity index (χ1) is 18.0. The van der Waals surface area contributed by atoms with Crippen LogP contribution in [0.2, 0.25) is 0 Å². The molecule has 0 atom stereocenters. The zero-order chi connectivity index (χ0) is 27.5. The molecule has 0 saturated carbocycles. The van der Waals surface area contributed by atoms with Crippen LogP contribution in [0.25, 0.3) is 0 Å². The summed E-state index contributed by atoms with van der Waals surface area (Å²) in [4.78, 5) is 16.6. The summed E-state index contributed by atoms with van der Waals surface area (Å²) in [5.74, 6) is 0.104. The maximum Gasteiger partial charge on any atom is 0.416 e. The van der Waals surface area contributed by atoms with Gasteiger partial charge in [0.15, 0.2) is 0 Å². The highest BCUT2D eigenvalue weighted by atomic mass is 32.2. The van der Waals surface area contributed by atoms with Crippen LogP contribution >= 0.6 is 0 Å². The van der Waals surface area contributed by atoms with E-state index in [2.05, 4.69) is 0 Å². The van der Waals surface area contributed by atoms with Crippen molar-refractivity contribution in [2.24, 2.45) is 0 Å². The molecule has 202 valence electrons. The zero-order valence-corrected chi connectivity index (χ0v) is 21.8. The largest absolute Gasteiger partial charge is 0.497 e. The first kappa shape index (κ1) is 27.3. The average molecular weight is 548 g/mol. The number of halogens is 3. The number of anilines is 2. The molecule has 0 aliphatic carbocycles. The minimum Gasteiger partial charge on any atom is -0.497 e. The molecule has 1 fully saturated rings. The van der Waals surface area contributed by atoms with Crippen molar-refractivity contribution in [3.05, 3.63) is 83.9 Å². The lowest BCUT2D eigenvalue weighted by Crippen LogP contribution is -2.52. The zero-order valence-electron chi connectivity index (χ0n) is 21.0. The Labute approximate surface area is 220 Å². The fourth-order valence-corrected chi connectivity index (χ4v) is 5.63. The van der Waals surface area contributed by atoms with Crippen molar-refractivity contribution in [1.29, 1.82) is 0 Å². The van der Waals surface area contributed by atoms with Crippen LogP contribution in [-0.4, -0.2) is 59.1 Å². The number of sulfonamides is 1. The summed E-state index contributed by atoms with van der Waals surface area (Å²) < 4.78 is 72.7. The van der Waals surface area contributed by atoms with E-state index in [1.165, 1.54) is 42.3 Å². The van der Waals surface area contributed by atoms with Crippen LogP contribution in [0.5, 0.6) is 5.75 Å². The average Bonchev–Trinajstić information content (AvgIpc) is 2.92. The first-order valence-corrected chi connectivity index (χ1v) is 13.4. The summed E-state index contributed by atoms with van der Waals surface area (Å²) in [5, 5.41) is 0. The van der Waals surface area contributed by atoms with Crippen LogP contribution < -0.4 is 13.9 Å². The molecule has 0 bridgehead atoms. The lowest BCUT2D eigenvalue weighted by atomic mass is 10.1. The fraction of sp³-hybridized carbons (Fsp3) is 0.296. The number of alkyl halides is 3. The summed E-state index contributed by atoms with van der Waals surface area (Å²) in [6, 6.07) is 17.8. The van der Waals surface area contributed by atoms with Gasteiger partial charge in [-0.2, -0.15) is 13.2 Å². The topological polar surface area (TPSA) is 70.2 Å². The second-order valence-corrected chi connectivity index (χ2v) is 10.8. The Kier molecular flexibility index (Phi) is 7.86. The summed E-state index contributed by atoms with van der Waals surface area (Å²) in [6.45, 7) is 2.60. The van der Waals surface area contributed by atoms with Crippen molar-refractivity contribution in [2.75, 3.05) is 49.0 Å². The number of methoxy groups -OCH3 is 1. The lowest BCUT2D eigenvalue weighted by molar-refractivity contribution is -0.137. The Morgan fingerprint density at radius 3 is 2.16 bits per heavy atom. The molecule has 1 heterocycles. The minimum atomic E-state index is -4.44. The van der Waals surface area contributed by atoms with Gasteiger partial charge in [0.25, 0.3) is 10.0 Å². The Morgan fingerprint density at radius 1 is 0.947 bits per heavy atom. The number of rotatable bonds is 7. The Morgan fingerprint density at radius 2 is 1.58 bits per heavy atom. The highest BCUT2D eigenvalue weighted by Crippen LogP contribution is 2.32. The number of amides is 1. The molecule has 3 aromatic carbocycles. The predicted octanol–water partition coefficient (Wildman–Crippen LogP) is 4.57. The van der Waals surface area contributed by atoms with Crippen LogP contribution in [0.3, 0.4) is 0 Å². The Hall–Kier alpha value is -3.73. The molecule has 0 aromatic heterocycles. The molecule has 7 nitrogen and oxygen atoms in total. The van der Waals surface area contributed by atoms with Gasteiger partial charge in [-0.1, -0.05) is 23.8 Å². The number of nitrogens with zero attached hydrogens (tertiary/aromatic N) is 3. The van der Waals surface area contributed by atoms with Gasteiger partial charge in [-0.05, 0) is 61.5 Å². The van der Waals surface area contributed by atoms with Crippen LogP contribution in [0, 0.1) is 6.92 Å². The molecule has 0 spiro atoms. The van der Waals surface area contributed by atoms with Crippen LogP contribution in [0.15, 0.2) is 77.7 Å². The van der Waals surface area contributed by atoms with E-state index in [1.807, 2.05) is 6.92 Å². The maximum absolute atomic E-state index is 13.6. The number of hydrogen-bond donors (Lipinski definition) is 0. The molecule has 1 aliphatic rings. The molecular formula is C27H28F3N3O4S. The van der Waals surface area contributed by atoms with Crippen LogP contribution in [0.1, 0.15) is 11.1 Å². The SMILES string of the molecule is COc1ccc(S(=O)(=O)N(CC(=O)N2CCN(c3cccc(C(F)(F)F)c3)CC2)c2ccc(C)cc2)cc1. The maximum atomic E-state index is 13.6. The third kappa shape index (κ3) is 6.04. The van der Waals surface area contributed by atoms with Crippen molar-refractivity contribution in [1.82, 2.24) is 4.90 Å². The van der Waals surface area contributed by atoms with Crippen molar-refractivity contribution in [3.63, 3.8) is 0 Å². The predicted molar refractivity (Wildman–Crippen MR) is 139 cm³/mol. The fourth-order valence-electron chi connectivity index (χ4n) is 4.22. The molecule has 1 amide bonds. The third-order valence-corrected chi connectivity index (χ3v) is 8.21. The molecule has 38 heavy (non-hydrogen) atoms. The molecule has 0 unspecified atom stereocenters. The third-order valence-electron chi connectivity index (χ3n) is 6.42. The monoisotopic (exact) mass is 547 g/mol. The van der Waals surface area contributed by atoms with Gasteiger partial charge in [0.2, 0.25) is 5.91 Å². The summed E-state index contributed by atoms with van der Waals surface area (Å²) in [5.41, 5.74) is 0.983. The van der Waals surface area contributed by atoms with Gasteiger partial charge >= 0.3 is 6.18 Å². The molecule has 0 radical (unpaired) electrons. The highest BCUT2D eigenvalue weighted by Gasteiger charge is 2.32. The van der Waals surface area contributed by atoms with Crippen LogP contribution in [0.4, 0.5) is 24.5 Å².